The van der Waals surface area contributed by atoms with Crippen LogP contribution < -0.4 is 9.47 Å². The van der Waals surface area contributed by atoms with Gasteiger partial charge in [0.15, 0.2) is 0 Å². The van der Waals surface area contributed by atoms with Gasteiger partial charge in [0, 0.05) is 34.8 Å². The lowest BCUT2D eigenvalue weighted by atomic mass is 10.1. The Balaban J connectivity index is 1.85. The van der Waals surface area contributed by atoms with Gasteiger partial charge < -0.3 is 14.4 Å². The summed E-state index contributed by atoms with van der Waals surface area (Å²) >= 11 is 3.45. The molecule has 0 atom stereocenters. The van der Waals surface area contributed by atoms with Crippen molar-refractivity contribution in [2.45, 2.75) is 13.1 Å². The molecule has 0 aliphatic carbocycles. The van der Waals surface area contributed by atoms with E-state index in [0.717, 1.165) is 32.7 Å². The van der Waals surface area contributed by atoms with Gasteiger partial charge >= 0.3 is 0 Å². The highest BCUT2D eigenvalue weighted by Gasteiger charge is 2.28. The van der Waals surface area contributed by atoms with E-state index in [9.17, 15) is 4.79 Å². The van der Waals surface area contributed by atoms with E-state index >= 15 is 0 Å². The Morgan fingerprint density at radius 1 is 1.14 bits per heavy atom. The number of carbonyl (C=O) groups is 1. The van der Waals surface area contributed by atoms with Crippen molar-refractivity contribution in [3.05, 3.63) is 57.6 Å². The molecule has 0 radical (unpaired) electrons. The molecule has 1 aliphatic heterocycles. The maximum Gasteiger partial charge on any atom is 0.254 e. The van der Waals surface area contributed by atoms with E-state index in [0.29, 0.717) is 13.1 Å². The lowest BCUT2D eigenvalue weighted by molar-refractivity contribution is 0.0765. The van der Waals surface area contributed by atoms with Gasteiger partial charge in [-0.15, -0.1) is 0 Å². The monoisotopic (exact) mass is 361 g/mol. The van der Waals surface area contributed by atoms with E-state index in [-0.39, 0.29) is 5.91 Å². The van der Waals surface area contributed by atoms with E-state index in [2.05, 4.69) is 15.9 Å². The van der Waals surface area contributed by atoms with Crippen molar-refractivity contribution in [3.8, 4) is 11.5 Å². The predicted octanol–water partition coefficient (Wildman–Crippen LogP) is 3.62. The van der Waals surface area contributed by atoms with Crippen LogP contribution in [0.4, 0.5) is 0 Å². The van der Waals surface area contributed by atoms with Crippen molar-refractivity contribution in [2.24, 2.45) is 0 Å². The fraction of sp³-hybridized carbons (Fsp3) is 0.235. The van der Waals surface area contributed by atoms with Gasteiger partial charge in [0.1, 0.15) is 11.5 Å². The standard InChI is InChI=1S/C17H16BrNO3/c1-21-14-5-3-11(16(8-14)22-2)9-19-10-12-7-13(18)4-6-15(12)17(19)20/h3-8H,9-10H2,1-2H3. The van der Waals surface area contributed by atoms with Gasteiger partial charge in [-0.3, -0.25) is 4.79 Å². The quantitative estimate of drug-likeness (QED) is 0.834. The molecule has 0 spiro atoms. The van der Waals surface area contributed by atoms with Crippen LogP contribution in [0.15, 0.2) is 40.9 Å². The number of nitrogens with zero attached hydrogens (tertiary/aromatic N) is 1. The molecule has 0 saturated heterocycles. The van der Waals surface area contributed by atoms with Crippen LogP contribution in [-0.2, 0) is 13.1 Å². The highest BCUT2D eigenvalue weighted by molar-refractivity contribution is 9.10. The molecule has 4 nitrogen and oxygen atoms in total. The lowest BCUT2D eigenvalue weighted by Gasteiger charge is -2.18. The second kappa shape index (κ2) is 6.01. The van der Waals surface area contributed by atoms with Gasteiger partial charge in [-0.1, -0.05) is 15.9 Å². The Morgan fingerprint density at radius 3 is 2.68 bits per heavy atom. The normalized spacial score (nSPS) is 13.2. The molecule has 22 heavy (non-hydrogen) atoms. The number of amides is 1. The zero-order valence-electron chi connectivity index (χ0n) is 12.4. The van der Waals surface area contributed by atoms with Crippen molar-refractivity contribution >= 4 is 21.8 Å². The number of ether oxygens (including phenoxy) is 2. The molecular formula is C17H16BrNO3. The SMILES string of the molecule is COc1ccc(CN2Cc3cc(Br)ccc3C2=O)c(OC)c1. The lowest BCUT2D eigenvalue weighted by Crippen LogP contribution is -2.23. The molecule has 0 fully saturated rings. The number of fused-ring (bicyclic) bond motifs is 1. The number of hydrogen-bond donors (Lipinski definition) is 0. The van der Waals surface area contributed by atoms with Crippen LogP contribution >= 0.6 is 15.9 Å². The second-order valence-corrected chi connectivity index (χ2v) is 6.06. The fourth-order valence-corrected chi connectivity index (χ4v) is 3.07. The summed E-state index contributed by atoms with van der Waals surface area (Å²) in [6.07, 6.45) is 0. The molecule has 1 amide bonds. The van der Waals surface area contributed by atoms with E-state index in [4.69, 9.17) is 9.47 Å². The Kier molecular flexibility index (Phi) is 4.07. The fourth-order valence-electron chi connectivity index (χ4n) is 2.67. The Labute approximate surface area is 137 Å². The molecule has 114 valence electrons. The van der Waals surface area contributed by atoms with Crippen molar-refractivity contribution in [2.75, 3.05) is 14.2 Å². The summed E-state index contributed by atoms with van der Waals surface area (Å²) in [5.41, 5.74) is 2.78. The first-order valence-corrected chi connectivity index (χ1v) is 7.70. The molecular weight excluding hydrogens is 346 g/mol. The van der Waals surface area contributed by atoms with Gasteiger partial charge in [0.05, 0.1) is 14.2 Å². The second-order valence-electron chi connectivity index (χ2n) is 5.14. The van der Waals surface area contributed by atoms with Crippen molar-refractivity contribution < 1.29 is 14.3 Å². The van der Waals surface area contributed by atoms with Crippen LogP contribution in [-0.4, -0.2) is 25.0 Å². The third-order valence-electron chi connectivity index (χ3n) is 3.80. The number of carbonyl (C=O) groups excluding carboxylic acids is 1. The molecule has 0 saturated carbocycles. The molecule has 2 aromatic carbocycles. The van der Waals surface area contributed by atoms with Crippen LogP contribution in [0.1, 0.15) is 21.5 Å². The number of benzene rings is 2. The summed E-state index contributed by atoms with van der Waals surface area (Å²) in [7, 11) is 3.24. The van der Waals surface area contributed by atoms with Crippen molar-refractivity contribution in [1.29, 1.82) is 0 Å². The minimum Gasteiger partial charge on any atom is -0.497 e. The number of rotatable bonds is 4. The first-order chi connectivity index (χ1) is 10.6. The summed E-state index contributed by atoms with van der Waals surface area (Å²) in [5, 5.41) is 0. The van der Waals surface area contributed by atoms with Crippen LogP contribution in [0.25, 0.3) is 0 Å². The maximum absolute atomic E-state index is 12.5. The molecule has 1 heterocycles. The molecule has 3 rings (SSSR count). The largest absolute Gasteiger partial charge is 0.497 e. The summed E-state index contributed by atoms with van der Waals surface area (Å²) in [6, 6.07) is 11.4. The molecule has 0 aromatic heterocycles. The highest BCUT2D eigenvalue weighted by Crippen LogP contribution is 2.30. The summed E-state index contributed by atoms with van der Waals surface area (Å²) < 4.78 is 11.6. The molecule has 5 heteroatoms. The Morgan fingerprint density at radius 2 is 1.95 bits per heavy atom. The van der Waals surface area contributed by atoms with Crippen LogP contribution in [0, 0.1) is 0 Å². The zero-order valence-corrected chi connectivity index (χ0v) is 14.0. The van der Waals surface area contributed by atoms with Crippen LogP contribution in [0.5, 0.6) is 11.5 Å². The summed E-state index contributed by atoms with van der Waals surface area (Å²) in [4.78, 5) is 14.3. The summed E-state index contributed by atoms with van der Waals surface area (Å²) in [5.74, 6) is 1.52. The van der Waals surface area contributed by atoms with E-state index < -0.39 is 0 Å². The van der Waals surface area contributed by atoms with Crippen LogP contribution in [0.2, 0.25) is 0 Å². The molecule has 0 N–H and O–H groups in total. The minimum absolute atomic E-state index is 0.0559. The predicted molar refractivity (Wildman–Crippen MR) is 87.3 cm³/mol. The number of halogens is 1. The van der Waals surface area contributed by atoms with Crippen LogP contribution in [0.3, 0.4) is 0 Å². The minimum atomic E-state index is 0.0559. The zero-order chi connectivity index (χ0) is 15.7. The average Bonchev–Trinajstić information content (AvgIpc) is 2.83. The van der Waals surface area contributed by atoms with Crippen molar-refractivity contribution in [3.63, 3.8) is 0 Å². The maximum atomic E-state index is 12.5. The molecule has 0 bridgehead atoms. The smallest absolute Gasteiger partial charge is 0.254 e. The van der Waals surface area contributed by atoms with Gasteiger partial charge in [-0.05, 0) is 35.9 Å². The first kappa shape index (κ1) is 14.9. The third-order valence-corrected chi connectivity index (χ3v) is 4.29. The summed E-state index contributed by atoms with van der Waals surface area (Å²) in [6.45, 7) is 1.13. The van der Waals surface area contributed by atoms with Crippen molar-refractivity contribution in [1.82, 2.24) is 4.90 Å². The molecule has 2 aromatic rings. The number of methoxy groups -OCH3 is 2. The third kappa shape index (κ3) is 2.68. The van der Waals surface area contributed by atoms with E-state index in [1.165, 1.54) is 0 Å². The Hall–Kier alpha value is -2.01. The Bertz CT molecular complexity index is 730. The van der Waals surface area contributed by atoms with Gasteiger partial charge in [0.2, 0.25) is 0 Å². The van der Waals surface area contributed by atoms with E-state index in [1.807, 2.05) is 41.3 Å². The highest BCUT2D eigenvalue weighted by atomic mass is 79.9. The molecule has 0 unspecified atom stereocenters. The van der Waals surface area contributed by atoms with Gasteiger partial charge in [0.25, 0.3) is 5.91 Å². The van der Waals surface area contributed by atoms with E-state index in [1.54, 1.807) is 14.2 Å². The molecule has 1 aliphatic rings. The number of hydrogen-bond acceptors (Lipinski definition) is 3. The average molecular weight is 362 g/mol. The first-order valence-electron chi connectivity index (χ1n) is 6.91. The topological polar surface area (TPSA) is 38.8 Å². The van der Waals surface area contributed by atoms with Gasteiger partial charge in [-0.25, -0.2) is 0 Å². The van der Waals surface area contributed by atoms with Gasteiger partial charge in [-0.2, -0.15) is 0 Å².